The summed E-state index contributed by atoms with van der Waals surface area (Å²) in [4.78, 5) is 19.9. The number of halogens is 5. The van der Waals surface area contributed by atoms with Gasteiger partial charge in [0, 0.05) is 12.5 Å². The van der Waals surface area contributed by atoms with Crippen molar-refractivity contribution >= 4 is 21.4 Å². The monoisotopic (exact) mass is 532 g/mol. The van der Waals surface area contributed by atoms with E-state index in [9.17, 15) is 35.2 Å². The first-order chi connectivity index (χ1) is 16.6. The number of fused-ring (bicyclic) bond motifs is 1. The predicted molar refractivity (Wildman–Crippen MR) is 117 cm³/mol. The number of anilines is 1. The summed E-state index contributed by atoms with van der Waals surface area (Å²) in [6.07, 6.45) is -6.48. The number of sulfone groups is 1. The van der Waals surface area contributed by atoms with Gasteiger partial charge in [0.25, 0.3) is 0 Å². The Bertz CT molecular complexity index is 1330. The normalized spacial score (nSPS) is 15.4. The van der Waals surface area contributed by atoms with E-state index in [0.29, 0.717) is 0 Å². The van der Waals surface area contributed by atoms with Gasteiger partial charge in [0.2, 0.25) is 12.2 Å². The molecule has 0 radical (unpaired) electrons. The zero-order valence-electron chi connectivity index (χ0n) is 19.3. The van der Waals surface area contributed by atoms with Crippen LogP contribution in [0.1, 0.15) is 32.8 Å². The van der Waals surface area contributed by atoms with Gasteiger partial charge in [-0.05, 0) is 31.9 Å². The van der Waals surface area contributed by atoms with Crippen LogP contribution in [0, 0.1) is 11.3 Å². The number of carbonyl (C=O) groups excluding carboxylic acids is 1. The van der Waals surface area contributed by atoms with Crippen molar-refractivity contribution in [2.45, 2.75) is 62.8 Å². The van der Waals surface area contributed by atoms with E-state index in [1.807, 2.05) is 6.07 Å². The van der Waals surface area contributed by atoms with Crippen LogP contribution >= 0.6 is 0 Å². The minimum Gasteiger partial charge on any atom is -0.471 e. The van der Waals surface area contributed by atoms with E-state index in [0.717, 1.165) is 12.3 Å². The van der Waals surface area contributed by atoms with Crippen LogP contribution in [0.4, 0.5) is 27.6 Å². The Balaban J connectivity index is 2.11. The van der Waals surface area contributed by atoms with E-state index in [1.165, 1.54) is 33.0 Å². The van der Waals surface area contributed by atoms with Crippen LogP contribution in [0.3, 0.4) is 0 Å². The molecule has 0 N–H and O–H groups in total. The zero-order chi connectivity index (χ0) is 27.1. The Hall–Kier alpha value is -3.34. The van der Waals surface area contributed by atoms with Crippen LogP contribution in [0.25, 0.3) is 11.4 Å². The number of nitrogens with zero attached hydrogens (tertiary/aromatic N) is 4. The van der Waals surface area contributed by atoms with E-state index in [1.54, 1.807) is 0 Å². The smallest absolute Gasteiger partial charge is 0.356 e. The van der Waals surface area contributed by atoms with Gasteiger partial charge in [-0.1, -0.05) is 6.92 Å². The quantitative estimate of drug-likeness (QED) is 0.372. The van der Waals surface area contributed by atoms with E-state index in [-0.39, 0.29) is 44.7 Å². The van der Waals surface area contributed by atoms with E-state index in [2.05, 4.69) is 9.97 Å². The molecule has 0 bridgehead atoms. The number of nitriles is 1. The fourth-order valence-corrected chi connectivity index (χ4v) is 4.50. The Kier molecular flexibility index (Phi) is 7.27. The molecule has 8 nitrogen and oxygen atoms in total. The molecule has 1 atom stereocenters. The highest BCUT2D eigenvalue weighted by Gasteiger charge is 2.54. The van der Waals surface area contributed by atoms with Crippen LogP contribution in [-0.2, 0) is 21.1 Å². The molecule has 1 aliphatic heterocycles. The van der Waals surface area contributed by atoms with Crippen molar-refractivity contribution in [3.63, 3.8) is 0 Å². The van der Waals surface area contributed by atoms with Gasteiger partial charge < -0.3 is 4.74 Å². The first-order valence-electron chi connectivity index (χ1n) is 10.6. The van der Waals surface area contributed by atoms with Gasteiger partial charge in [-0.25, -0.2) is 26.6 Å². The summed E-state index contributed by atoms with van der Waals surface area (Å²) in [7, 11) is -3.92. The average molecular weight is 532 g/mol. The average Bonchev–Trinajstić information content (AvgIpc) is 2.83. The number of rotatable bonds is 8. The van der Waals surface area contributed by atoms with Crippen molar-refractivity contribution in [3.8, 4) is 23.2 Å². The summed E-state index contributed by atoms with van der Waals surface area (Å²) in [6, 6.07) is 4.30. The molecule has 2 aromatic heterocycles. The van der Waals surface area contributed by atoms with Crippen LogP contribution in [0.2, 0.25) is 0 Å². The van der Waals surface area contributed by atoms with Crippen molar-refractivity contribution in [2.75, 3.05) is 10.7 Å². The molecule has 0 aliphatic carbocycles. The fourth-order valence-electron chi connectivity index (χ4n) is 3.44. The summed E-state index contributed by atoms with van der Waals surface area (Å²) in [5.41, 5.74) is -1.80. The molecule has 3 heterocycles. The second-order valence-electron chi connectivity index (χ2n) is 8.42. The second kappa shape index (κ2) is 9.61. The topological polar surface area (TPSA) is 113 Å². The second-order valence-corrected chi connectivity index (χ2v) is 10.7. The van der Waals surface area contributed by atoms with E-state index in [4.69, 9.17) is 10.00 Å². The van der Waals surface area contributed by atoms with Crippen molar-refractivity contribution in [1.82, 2.24) is 9.97 Å². The molecule has 1 aliphatic rings. The molecule has 1 amide bonds. The first kappa shape index (κ1) is 27.3. The molecule has 14 heteroatoms. The number of pyridine rings is 2. The van der Waals surface area contributed by atoms with Crippen molar-refractivity contribution in [1.29, 1.82) is 5.26 Å². The van der Waals surface area contributed by atoms with Crippen LogP contribution in [-0.4, -0.2) is 54.3 Å². The Morgan fingerprint density at radius 1 is 1.17 bits per heavy atom. The number of alkyl halides is 5. The fraction of sp³-hybridized carbons (Fsp3) is 0.455. The predicted octanol–water partition coefficient (Wildman–Crippen LogP) is 4.09. The molecule has 0 saturated heterocycles. The summed E-state index contributed by atoms with van der Waals surface area (Å²) >= 11 is 0. The molecule has 0 saturated carbocycles. The maximum absolute atomic E-state index is 14.5. The van der Waals surface area contributed by atoms with Crippen LogP contribution in [0.15, 0.2) is 29.4 Å². The third kappa shape index (κ3) is 5.11. The molecule has 0 spiro atoms. The first-order valence-corrected chi connectivity index (χ1v) is 12.2. The number of hydrogen-bond donors (Lipinski definition) is 0. The standard InChI is InChI=1S/C22H21F5N4O4S/c1-4-36(33,34)16-8-13(35-21(2,3)11-28)9-30-18(16)14-7-12-5-6-17(32)31(15(12)10-29-14)20(25)22(26,27)19(23)24/h7-10,19-20H,4-6H2,1-3H3. The molecular formula is C22H21F5N4O4S. The SMILES string of the molecule is CCS(=O)(=O)c1cc(OC(C)(C)C#N)cnc1-c1cc2c(cn1)N(C(F)C(F)(F)C(F)F)C(=O)CC2. The highest BCUT2D eigenvalue weighted by atomic mass is 32.2. The molecule has 36 heavy (non-hydrogen) atoms. The molecule has 3 rings (SSSR count). The summed E-state index contributed by atoms with van der Waals surface area (Å²) < 4.78 is 98.3. The van der Waals surface area contributed by atoms with Gasteiger partial charge in [0.1, 0.15) is 17.5 Å². The maximum atomic E-state index is 14.5. The molecule has 194 valence electrons. The number of aromatic nitrogens is 2. The van der Waals surface area contributed by atoms with Gasteiger partial charge in [-0.15, -0.1) is 0 Å². The lowest BCUT2D eigenvalue weighted by Gasteiger charge is -2.34. The molecular weight excluding hydrogens is 511 g/mol. The highest BCUT2D eigenvalue weighted by Crippen LogP contribution is 2.39. The molecule has 1 unspecified atom stereocenters. The summed E-state index contributed by atoms with van der Waals surface area (Å²) in [5, 5.41) is 9.17. The van der Waals surface area contributed by atoms with Gasteiger partial charge in [0.05, 0.1) is 34.4 Å². The van der Waals surface area contributed by atoms with Gasteiger partial charge in [0.15, 0.2) is 15.4 Å². The number of hydrogen-bond acceptors (Lipinski definition) is 7. The lowest BCUT2D eigenvalue weighted by molar-refractivity contribution is -0.173. The van der Waals surface area contributed by atoms with Gasteiger partial charge in [-0.3, -0.25) is 14.7 Å². The number of ether oxygens (including phenoxy) is 1. The number of amides is 1. The van der Waals surface area contributed by atoms with Crippen molar-refractivity contribution < 1.29 is 39.9 Å². The van der Waals surface area contributed by atoms with E-state index < -0.39 is 52.1 Å². The summed E-state index contributed by atoms with van der Waals surface area (Å²) in [5.74, 6) is -6.59. The lowest BCUT2D eigenvalue weighted by atomic mass is 10.0. The van der Waals surface area contributed by atoms with Gasteiger partial charge in [-0.2, -0.15) is 14.0 Å². The lowest BCUT2D eigenvalue weighted by Crippen LogP contribution is -2.53. The molecule has 0 aromatic carbocycles. The van der Waals surface area contributed by atoms with Crippen molar-refractivity contribution in [3.05, 3.63) is 30.1 Å². The molecule has 0 fully saturated rings. The number of aryl methyl sites for hydroxylation is 1. The Morgan fingerprint density at radius 3 is 2.42 bits per heavy atom. The third-order valence-electron chi connectivity index (χ3n) is 5.37. The minimum atomic E-state index is -5.13. The van der Waals surface area contributed by atoms with Crippen LogP contribution < -0.4 is 9.64 Å². The summed E-state index contributed by atoms with van der Waals surface area (Å²) in [6.45, 7) is 4.31. The number of carbonyl (C=O) groups is 1. The zero-order valence-corrected chi connectivity index (χ0v) is 20.1. The van der Waals surface area contributed by atoms with Gasteiger partial charge >= 0.3 is 12.3 Å². The van der Waals surface area contributed by atoms with Crippen LogP contribution in [0.5, 0.6) is 5.75 Å². The maximum Gasteiger partial charge on any atom is 0.356 e. The van der Waals surface area contributed by atoms with E-state index >= 15 is 0 Å². The Morgan fingerprint density at radius 2 is 1.83 bits per heavy atom. The minimum absolute atomic E-state index is 0.0124. The molecule has 2 aromatic rings. The third-order valence-corrected chi connectivity index (χ3v) is 7.11. The van der Waals surface area contributed by atoms with Crippen molar-refractivity contribution in [2.24, 2.45) is 0 Å². The largest absolute Gasteiger partial charge is 0.471 e. The Labute approximate surface area is 203 Å². The highest BCUT2D eigenvalue weighted by molar-refractivity contribution is 7.91.